The first kappa shape index (κ1) is 28.4. The summed E-state index contributed by atoms with van der Waals surface area (Å²) in [6, 6.07) is 27.0. The standard InChI is InChI=1S/C23H16O6.C11H8O3/c24-20-16(14-7-3-1-5-12(14)9-18(20)22(26)27)11-17-15-8-4-2-6-13(15)10-19(21(17)25)23(28)29;12-10-8-4-2-1-3-7(8)5-6-9(10)11(13)14/h1-10,24-25H,11H2,(H,26,27)(H,28,29);1-6,12H,(H,13,14). The number of benzene rings is 6. The van der Waals surface area contributed by atoms with E-state index in [1.165, 1.54) is 18.2 Å². The number of carboxylic acids is 3. The van der Waals surface area contributed by atoms with Crippen molar-refractivity contribution in [3.05, 3.63) is 125 Å². The largest absolute Gasteiger partial charge is 0.507 e. The fraction of sp³-hybridized carbons (Fsp3) is 0.0294. The van der Waals surface area contributed by atoms with Crippen molar-refractivity contribution in [3.63, 3.8) is 0 Å². The molecule has 9 nitrogen and oxygen atoms in total. The molecule has 0 atom stereocenters. The molecule has 43 heavy (non-hydrogen) atoms. The van der Waals surface area contributed by atoms with Crippen molar-refractivity contribution in [2.45, 2.75) is 6.42 Å². The average Bonchev–Trinajstić information content (AvgIpc) is 2.99. The van der Waals surface area contributed by atoms with E-state index in [0.29, 0.717) is 38.1 Å². The number of aromatic hydroxyl groups is 3. The van der Waals surface area contributed by atoms with Gasteiger partial charge in [0, 0.05) is 22.9 Å². The zero-order valence-corrected chi connectivity index (χ0v) is 22.4. The van der Waals surface area contributed by atoms with Gasteiger partial charge in [0.2, 0.25) is 0 Å². The molecule has 0 aliphatic heterocycles. The summed E-state index contributed by atoms with van der Waals surface area (Å²) in [5, 5.41) is 62.6. The molecule has 9 heteroatoms. The molecule has 6 aromatic carbocycles. The van der Waals surface area contributed by atoms with Gasteiger partial charge in [0.1, 0.15) is 33.9 Å². The Hall–Kier alpha value is -6.09. The molecule has 0 unspecified atom stereocenters. The predicted molar refractivity (Wildman–Crippen MR) is 161 cm³/mol. The maximum atomic E-state index is 11.6. The molecular weight excluding hydrogens is 552 g/mol. The van der Waals surface area contributed by atoms with E-state index >= 15 is 0 Å². The fourth-order valence-corrected chi connectivity index (χ4v) is 5.11. The predicted octanol–water partition coefficient (Wildman–Crippen LogP) is 6.64. The van der Waals surface area contributed by atoms with Crippen molar-refractivity contribution in [2.24, 2.45) is 0 Å². The molecule has 0 fully saturated rings. The molecule has 0 spiro atoms. The van der Waals surface area contributed by atoms with Gasteiger partial charge in [0.05, 0.1) is 0 Å². The highest BCUT2D eigenvalue weighted by Crippen LogP contribution is 2.38. The van der Waals surface area contributed by atoms with Crippen LogP contribution in [0.1, 0.15) is 42.2 Å². The molecule has 0 aliphatic carbocycles. The summed E-state index contributed by atoms with van der Waals surface area (Å²) >= 11 is 0. The Morgan fingerprint density at radius 1 is 0.442 bits per heavy atom. The lowest BCUT2D eigenvalue weighted by Crippen LogP contribution is -2.04. The lowest BCUT2D eigenvalue weighted by atomic mass is 9.90. The van der Waals surface area contributed by atoms with Crippen LogP contribution in [0, 0.1) is 0 Å². The highest BCUT2D eigenvalue weighted by Gasteiger charge is 2.22. The maximum Gasteiger partial charge on any atom is 0.339 e. The van der Waals surface area contributed by atoms with Crippen molar-refractivity contribution in [1.82, 2.24) is 0 Å². The van der Waals surface area contributed by atoms with Crippen LogP contribution >= 0.6 is 0 Å². The molecule has 0 saturated carbocycles. The number of fused-ring (bicyclic) bond motifs is 3. The Morgan fingerprint density at radius 3 is 1.28 bits per heavy atom. The third-order valence-corrected chi connectivity index (χ3v) is 7.20. The molecule has 6 N–H and O–H groups in total. The first-order valence-corrected chi connectivity index (χ1v) is 13.0. The highest BCUT2D eigenvalue weighted by molar-refractivity contribution is 6.03. The number of phenols is 3. The van der Waals surface area contributed by atoms with Gasteiger partial charge in [-0.1, -0.05) is 78.9 Å². The van der Waals surface area contributed by atoms with Crippen LogP contribution < -0.4 is 0 Å². The zero-order valence-electron chi connectivity index (χ0n) is 22.4. The Bertz CT molecular complexity index is 1980. The van der Waals surface area contributed by atoms with Gasteiger partial charge in [0.15, 0.2) is 0 Å². The minimum atomic E-state index is -1.28. The van der Waals surface area contributed by atoms with Gasteiger partial charge in [-0.05, 0) is 45.1 Å². The summed E-state index contributed by atoms with van der Waals surface area (Å²) in [6.45, 7) is 0. The second-order valence-electron chi connectivity index (χ2n) is 9.72. The van der Waals surface area contributed by atoms with Crippen LogP contribution in [0.5, 0.6) is 17.2 Å². The van der Waals surface area contributed by atoms with E-state index in [2.05, 4.69) is 0 Å². The second kappa shape index (κ2) is 11.4. The number of hydrogen-bond acceptors (Lipinski definition) is 6. The number of hydrogen-bond donors (Lipinski definition) is 6. The topological polar surface area (TPSA) is 173 Å². The summed E-state index contributed by atoms with van der Waals surface area (Å²) < 4.78 is 0. The van der Waals surface area contributed by atoms with Crippen molar-refractivity contribution in [2.75, 3.05) is 0 Å². The Morgan fingerprint density at radius 2 is 0.837 bits per heavy atom. The molecular formula is C34H24O9. The van der Waals surface area contributed by atoms with E-state index in [9.17, 15) is 39.9 Å². The van der Waals surface area contributed by atoms with Crippen molar-refractivity contribution in [3.8, 4) is 17.2 Å². The number of rotatable bonds is 5. The lowest BCUT2D eigenvalue weighted by molar-refractivity contribution is 0.0682. The first-order chi connectivity index (χ1) is 20.6. The smallest absolute Gasteiger partial charge is 0.339 e. The Labute approximate surface area is 243 Å². The second-order valence-corrected chi connectivity index (χ2v) is 9.72. The Kier molecular flexibility index (Phi) is 7.55. The zero-order chi connectivity index (χ0) is 30.8. The van der Waals surface area contributed by atoms with E-state index < -0.39 is 29.4 Å². The van der Waals surface area contributed by atoms with Crippen LogP contribution in [0.3, 0.4) is 0 Å². The van der Waals surface area contributed by atoms with E-state index in [4.69, 9.17) is 5.11 Å². The van der Waals surface area contributed by atoms with E-state index in [1.54, 1.807) is 66.7 Å². The summed E-state index contributed by atoms with van der Waals surface area (Å²) in [5.74, 6) is -4.64. The van der Waals surface area contributed by atoms with Crippen LogP contribution in [0.25, 0.3) is 32.3 Å². The molecule has 214 valence electrons. The quantitative estimate of drug-likeness (QED) is 0.132. The van der Waals surface area contributed by atoms with Gasteiger partial charge in [-0.2, -0.15) is 0 Å². The highest BCUT2D eigenvalue weighted by atomic mass is 16.4. The molecule has 6 aromatic rings. The summed E-state index contributed by atoms with van der Waals surface area (Å²) in [5.41, 5.74) is 0.0458. The monoisotopic (exact) mass is 576 g/mol. The number of aromatic carboxylic acids is 3. The average molecular weight is 577 g/mol. The van der Waals surface area contributed by atoms with Crippen LogP contribution in [0.4, 0.5) is 0 Å². The van der Waals surface area contributed by atoms with E-state index in [0.717, 1.165) is 5.39 Å². The maximum absolute atomic E-state index is 11.6. The Balaban J connectivity index is 0.000000220. The normalized spacial score (nSPS) is 10.8. The molecule has 0 bridgehead atoms. The van der Waals surface area contributed by atoms with E-state index in [-0.39, 0.29) is 28.9 Å². The minimum Gasteiger partial charge on any atom is -0.507 e. The van der Waals surface area contributed by atoms with Gasteiger partial charge < -0.3 is 30.6 Å². The van der Waals surface area contributed by atoms with Crippen LogP contribution in [-0.2, 0) is 6.42 Å². The third kappa shape index (κ3) is 5.34. The first-order valence-electron chi connectivity index (χ1n) is 13.0. The van der Waals surface area contributed by atoms with E-state index in [1.807, 2.05) is 12.1 Å². The van der Waals surface area contributed by atoms with Crippen LogP contribution in [0.15, 0.2) is 97.1 Å². The fourth-order valence-electron chi connectivity index (χ4n) is 5.11. The molecule has 0 saturated heterocycles. The third-order valence-electron chi connectivity index (χ3n) is 7.20. The van der Waals surface area contributed by atoms with Gasteiger partial charge >= 0.3 is 17.9 Å². The molecule has 0 aromatic heterocycles. The molecule has 6 rings (SSSR count). The minimum absolute atomic E-state index is 0.0407. The van der Waals surface area contributed by atoms with Gasteiger partial charge in [-0.3, -0.25) is 0 Å². The van der Waals surface area contributed by atoms with Crippen LogP contribution in [0.2, 0.25) is 0 Å². The van der Waals surface area contributed by atoms with Crippen molar-refractivity contribution >= 4 is 50.2 Å². The van der Waals surface area contributed by atoms with Gasteiger partial charge in [0.25, 0.3) is 0 Å². The summed E-state index contributed by atoms with van der Waals surface area (Å²) in [6.07, 6.45) is -0.0407. The lowest BCUT2D eigenvalue weighted by Gasteiger charge is -2.16. The SMILES string of the molecule is O=C(O)c1cc2ccccc2c(Cc2c(O)c(C(=O)O)cc3ccccc23)c1O.O=C(O)c1ccc2ccccc2c1O. The van der Waals surface area contributed by atoms with Crippen molar-refractivity contribution in [1.29, 1.82) is 0 Å². The number of carboxylic acid groups (broad SMARTS) is 3. The van der Waals surface area contributed by atoms with Gasteiger partial charge in [-0.15, -0.1) is 0 Å². The molecule has 0 aliphatic rings. The number of carbonyl (C=O) groups is 3. The molecule has 0 amide bonds. The van der Waals surface area contributed by atoms with Gasteiger partial charge in [-0.25, -0.2) is 14.4 Å². The molecule has 0 heterocycles. The summed E-state index contributed by atoms with van der Waals surface area (Å²) in [7, 11) is 0. The van der Waals surface area contributed by atoms with Crippen LogP contribution in [-0.4, -0.2) is 48.5 Å². The van der Waals surface area contributed by atoms with Crippen molar-refractivity contribution < 1.29 is 45.0 Å². The molecule has 0 radical (unpaired) electrons. The summed E-state index contributed by atoms with van der Waals surface area (Å²) in [4.78, 5) is 33.9.